The molecule has 4 nitrogen and oxygen atoms in total. The van der Waals surface area contributed by atoms with Gasteiger partial charge in [-0.2, -0.15) is 4.98 Å². The number of aromatic nitrogens is 2. The second-order valence-electron chi connectivity index (χ2n) is 3.59. The summed E-state index contributed by atoms with van der Waals surface area (Å²) in [4.78, 5) is 4.25. The Labute approximate surface area is 106 Å². The summed E-state index contributed by atoms with van der Waals surface area (Å²) >= 11 is 3.27. The molecule has 0 saturated heterocycles. The van der Waals surface area contributed by atoms with Crippen LogP contribution in [0.2, 0.25) is 0 Å². The quantitative estimate of drug-likeness (QED) is 0.947. The predicted molar refractivity (Wildman–Crippen MR) is 64.9 cm³/mol. The first-order valence-corrected chi connectivity index (χ1v) is 5.87. The largest absolute Gasteiger partial charge is 0.337 e. The molecule has 6 heteroatoms. The Hall–Kier alpha value is -1.27. The Bertz CT molecular complexity index is 529. The van der Waals surface area contributed by atoms with Gasteiger partial charge in [-0.05, 0) is 48.1 Å². The van der Waals surface area contributed by atoms with Crippen molar-refractivity contribution in [1.29, 1.82) is 0 Å². The van der Waals surface area contributed by atoms with Gasteiger partial charge in [0.05, 0.1) is 6.04 Å². The van der Waals surface area contributed by atoms with Gasteiger partial charge in [-0.25, -0.2) is 4.39 Å². The minimum Gasteiger partial charge on any atom is -0.337 e. The molecule has 0 aliphatic rings. The van der Waals surface area contributed by atoms with Crippen molar-refractivity contribution < 1.29 is 8.91 Å². The smallest absolute Gasteiger partial charge is 0.243 e. The van der Waals surface area contributed by atoms with Gasteiger partial charge in [-0.3, -0.25) is 0 Å². The molecule has 17 heavy (non-hydrogen) atoms. The van der Waals surface area contributed by atoms with Gasteiger partial charge in [-0.15, -0.1) is 0 Å². The van der Waals surface area contributed by atoms with E-state index in [4.69, 9.17) is 4.52 Å². The fraction of sp³-hybridized carbons (Fsp3) is 0.273. The van der Waals surface area contributed by atoms with Crippen LogP contribution in [0, 0.1) is 5.82 Å². The molecule has 1 aromatic heterocycles. The minimum absolute atomic E-state index is 0.0181. The Morgan fingerprint density at radius 3 is 2.88 bits per heavy atom. The molecule has 0 aliphatic carbocycles. The number of rotatable bonds is 3. The molecule has 0 fully saturated rings. The zero-order valence-corrected chi connectivity index (χ0v) is 11.0. The molecule has 0 radical (unpaired) electrons. The average molecular weight is 300 g/mol. The molecule has 1 heterocycles. The van der Waals surface area contributed by atoms with Crippen LogP contribution in [-0.4, -0.2) is 17.2 Å². The van der Waals surface area contributed by atoms with Crippen molar-refractivity contribution in [3.63, 3.8) is 0 Å². The predicted octanol–water partition coefficient (Wildman–Crippen LogP) is 2.92. The summed E-state index contributed by atoms with van der Waals surface area (Å²) in [5.41, 5.74) is 0.699. The maximum atomic E-state index is 12.9. The van der Waals surface area contributed by atoms with Crippen molar-refractivity contribution in [2.24, 2.45) is 0 Å². The summed E-state index contributed by atoms with van der Waals surface area (Å²) in [6.45, 7) is 1.91. The third kappa shape index (κ3) is 2.53. The molecule has 1 unspecified atom stereocenters. The van der Waals surface area contributed by atoms with Crippen molar-refractivity contribution >= 4 is 15.9 Å². The highest BCUT2D eigenvalue weighted by atomic mass is 79.9. The Kier molecular flexibility index (Phi) is 3.54. The Balaban J connectivity index is 2.37. The van der Waals surface area contributed by atoms with Crippen LogP contribution in [0.1, 0.15) is 18.9 Å². The van der Waals surface area contributed by atoms with Gasteiger partial charge in [0.25, 0.3) is 0 Å². The van der Waals surface area contributed by atoms with E-state index in [9.17, 15) is 4.39 Å². The van der Waals surface area contributed by atoms with Crippen LogP contribution in [0.15, 0.2) is 27.2 Å². The van der Waals surface area contributed by atoms with Gasteiger partial charge in [0.15, 0.2) is 0 Å². The molecule has 1 aromatic carbocycles. The summed E-state index contributed by atoms with van der Waals surface area (Å²) in [6.07, 6.45) is 0. The Morgan fingerprint density at radius 1 is 1.47 bits per heavy atom. The van der Waals surface area contributed by atoms with Crippen LogP contribution in [0.5, 0.6) is 0 Å². The number of hydrogen-bond acceptors (Lipinski definition) is 4. The first-order valence-electron chi connectivity index (χ1n) is 5.08. The third-order valence-corrected chi connectivity index (χ3v) is 3.07. The molecule has 0 aliphatic heterocycles. The maximum absolute atomic E-state index is 12.9. The highest BCUT2D eigenvalue weighted by Crippen LogP contribution is 2.27. The zero-order valence-electron chi connectivity index (χ0n) is 9.37. The van der Waals surface area contributed by atoms with Gasteiger partial charge >= 0.3 is 0 Å². The fourth-order valence-electron chi connectivity index (χ4n) is 1.31. The average Bonchev–Trinajstić information content (AvgIpc) is 2.77. The first-order chi connectivity index (χ1) is 8.11. The third-order valence-electron chi connectivity index (χ3n) is 2.42. The molecule has 90 valence electrons. The number of nitrogens with zero attached hydrogens (tertiary/aromatic N) is 2. The standard InChI is InChI=1S/C11H11BrFN3O/c1-6(14-2)11-15-10(16-17-11)8-4-3-7(13)5-9(8)12/h3-6,14H,1-2H3. The van der Waals surface area contributed by atoms with E-state index in [1.54, 1.807) is 6.07 Å². The van der Waals surface area contributed by atoms with Gasteiger partial charge < -0.3 is 9.84 Å². The normalized spacial score (nSPS) is 12.7. The summed E-state index contributed by atoms with van der Waals surface area (Å²) < 4.78 is 18.7. The summed E-state index contributed by atoms with van der Waals surface area (Å²) in [5.74, 6) is 0.626. The second kappa shape index (κ2) is 4.93. The van der Waals surface area contributed by atoms with E-state index in [0.717, 1.165) is 0 Å². The summed E-state index contributed by atoms with van der Waals surface area (Å²) in [6, 6.07) is 4.32. The number of halogens is 2. The van der Waals surface area contributed by atoms with Crippen LogP contribution < -0.4 is 5.32 Å². The van der Waals surface area contributed by atoms with Crippen LogP contribution in [0.4, 0.5) is 4.39 Å². The highest BCUT2D eigenvalue weighted by Gasteiger charge is 2.15. The van der Waals surface area contributed by atoms with Gasteiger partial charge in [0.1, 0.15) is 5.82 Å². The fourth-order valence-corrected chi connectivity index (χ4v) is 1.84. The van der Waals surface area contributed by atoms with Crippen molar-refractivity contribution in [3.8, 4) is 11.4 Å². The number of hydrogen-bond donors (Lipinski definition) is 1. The highest BCUT2D eigenvalue weighted by molar-refractivity contribution is 9.10. The summed E-state index contributed by atoms with van der Waals surface area (Å²) in [7, 11) is 1.81. The van der Waals surface area contributed by atoms with Crippen LogP contribution in [-0.2, 0) is 0 Å². The molecule has 2 rings (SSSR count). The Morgan fingerprint density at radius 2 is 2.24 bits per heavy atom. The molecule has 0 spiro atoms. The lowest BCUT2D eigenvalue weighted by atomic mass is 10.2. The van der Waals surface area contributed by atoms with Crippen LogP contribution >= 0.6 is 15.9 Å². The van der Waals surface area contributed by atoms with Crippen molar-refractivity contribution in [1.82, 2.24) is 15.5 Å². The lowest BCUT2D eigenvalue weighted by molar-refractivity contribution is 0.347. The van der Waals surface area contributed by atoms with E-state index in [0.29, 0.717) is 21.8 Å². The maximum Gasteiger partial charge on any atom is 0.243 e. The van der Waals surface area contributed by atoms with E-state index >= 15 is 0 Å². The van der Waals surface area contributed by atoms with Crippen molar-refractivity contribution in [2.45, 2.75) is 13.0 Å². The lowest BCUT2D eigenvalue weighted by Crippen LogP contribution is -2.12. The van der Waals surface area contributed by atoms with Gasteiger partial charge in [0, 0.05) is 10.0 Å². The molecule has 1 atom stereocenters. The van der Waals surface area contributed by atoms with E-state index in [1.807, 2.05) is 14.0 Å². The first kappa shape index (κ1) is 12.2. The molecule has 0 saturated carbocycles. The molecule has 2 aromatic rings. The van der Waals surface area contributed by atoms with E-state index in [2.05, 4.69) is 31.4 Å². The topological polar surface area (TPSA) is 51.0 Å². The summed E-state index contributed by atoms with van der Waals surface area (Å²) in [5, 5.41) is 6.87. The molecular weight excluding hydrogens is 289 g/mol. The SMILES string of the molecule is CNC(C)c1nc(-c2ccc(F)cc2Br)no1. The molecular formula is C11H11BrFN3O. The molecule has 1 N–H and O–H groups in total. The lowest BCUT2D eigenvalue weighted by Gasteiger charge is -2.01. The number of benzene rings is 1. The second-order valence-corrected chi connectivity index (χ2v) is 4.45. The van der Waals surface area contributed by atoms with Gasteiger partial charge in [-0.1, -0.05) is 5.16 Å². The van der Waals surface area contributed by atoms with Crippen LogP contribution in [0.25, 0.3) is 11.4 Å². The zero-order chi connectivity index (χ0) is 12.4. The van der Waals surface area contributed by atoms with E-state index in [1.165, 1.54) is 12.1 Å². The van der Waals surface area contributed by atoms with Crippen LogP contribution in [0.3, 0.4) is 0 Å². The molecule has 0 amide bonds. The van der Waals surface area contributed by atoms with Crippen molar-refractivity contribution in [3.05, 3.63) is 34.4 Å². The number of nitrogens with one attached hydrogen (secondary N) is 1. The minimum atomic E-state index is -0.312. The van der Waals surface area contributed by atoms with Crippen molar-refractivity contribution in [2.75, 3.05) is 7.05 Å². The van der Waals surface area contributed by atoms with Gasteiger partial charge in [0.2, 0.25) is 11.7 Å². The molecule has 0 bridgehead atoms. The monoisotopic (exact) mass is 299 g/mol. The van der Waals surface area contributed by atoms with E-state index < -0.39 is 0 Å². The van der Waals surface area contributed by atoms with E-state index in [-0.39, 0.29) is 11.9 Å².